The van der Waals surface area contributed by atoms with Gasteiger partial charge in [0.1, 0.15) is 0 Å². The maximum atomic E-state index is 7.62. The Labute approximate surface area is 123 Å². The molecule has 0 rings (SSSR count). The zero-order valence-electron chi connectivity index (χ0n) is 2.31. The van der Waals surface area contributed by atoms with Crippen LogP contribution in [0.2, 0.25) is 0 Å². The van der Waals surface area contributed by atoms with E-state index in [1.54, 1.807) is 0 Å². The summed E-state index contributed by atoms with van der Waals surface area (Å²) in [6, 6.07) is 0. The minimum absolute atomic E-state index is 0. The monoisotopic (exact) mass is 142 g/mol. The van der Waals surface area contributed by atoms with Gasteiger partial charge in [0.25, 0.3) is 0 Å². The molecule has 2 N–H and O–H groups in total. The molecule has 0 aliphatic carbocycles. The second-order valence-corrected chi connectivity index (χ2v) is 0.447. The Kier molecular flexibility index (Phi) is 42.2. The minimum atomic E-state index is -0.125. The fourth-order valence-corrected chi connectivity index (χ4v) is 0. The zero-order valence-corrected chi connectivity index (χ0v) is 2.31. The van der Waals surface area contributed by atoms with Crippen LogP contribution < -0.4 is 0 Å². The van der Waals surface area contributed by atoms with Crippen LogP contribution in [0.25, 0.3) is 0 Å². The van der Waals surface area contributed by atoms with Gasteiger partial charge in [-0.2, -0.15) is 0 Å². The van der Waals surface area contributed by atoms with Crippen molar-refractivity contribution in [2.75, 3.05) is 13.2 Å². The van der Waals surface area contributed by atoms with Crippen molar-refractivity contribution in [3.63, 3.8) is 0 Å². The maximum absolute atomic E-state index is 7.62. The Morgan fingerprint density at radius 3 is 1.00 bits per heavy atom. The number of hydrogen-bond acceptors (Lipinski definition) is 2. The first kappa shape index (κ1) is 16.1. The molecule has 0 aliphatic rings. The molecule has 2 nitrogen and oxygen atoms in total. The van der Waals surface area contributed by atoms with Crippen molar-refractivity contribution in [3.8, 4) is 0 Å². The summed E-state index contributed by atoms with van der Waals surface area (Å²) in [5, 5.41) is 15.2. The van der Waals surface area contributed by atoms with Gasteiger partial charge >= 0.3 is 103 Å². The van der Waals surface area contributed by atoms with Crippen molar-refractivity contribution < 1.29 is 10.2 Å². The van der Waals surface area contributed by atoms with Gasteiger partial charge in [-0.05, 0) is 0 Å². The zero-order chi connectivity index (χ0) is 3.41. The van der Waals surface area contributed by atoms with Crippen LogP contribution in [0.1, 0.15) is 0 Å². The van der Waals surface area contributed by atoms with Gasteiger partial charge in [-0.3, -0.25) is 0 Å². The SMILES string of the molecule is OCCO.[KH].[KH]. The standard InChI is InChI=1S/C2H6O2.2K.2H/c3-1-2-4;;;;/h3-4H,1-2H2;;;;. The summed E-state index contributed by atoms with van der Waals surface area (Å²) in [7, 11) is 0. The van der Waals surface area contributed by atoms with Crippen LogP contribution in [0.4, 0.5) is 0 Å². The first-order valence-corrected chi connectivity index (χ1v) is 1.13. The van der Waals surface area contributed by atoms with Crippen LogP contribution in [-0.2, 0) is 0 Å². The van der Waals surface area contributed by atoms with E-state index >= 15 is 0 Å². The average molecular weight is 142 g/mol. The molecule has 0 bridgehead atoms. The van der Waals surface area contributed by atoms with Crippen LogP contribution in [0.3, 0.4) is 0 Å². The molecule has 30 valence electrons. The van der Waals surface area contributed by atoms with Gasteiger partial charge in [0.05, 0.1) is 13.2 Å². The van der Waals surface area contributed by atoms with Crippen LogP contribution in [-0.4, -0.2) is 126 Å². The molecule has 0 radical (unpaired) electrons. The molecule has 0 aromatic heterocycles. The molecule has 0 heterocycles. The van der Waals surface area contributed by atoms with Gasteiger partial charge in [-0.15, -0.1) is 0 Å². The van der Waals surface area contributed by atoms with Crippen molar-refractivity contribution in [2.45, 2.75) is 0 Å². The summed E-state index contributed by atoms with van der Waals surface area (Å²) < 4.78 is 0. The molecule has 0 saturated heterocycles. The third-order valence-electron chi connectivity index (χ3n) is 0.1000. The van der Waals surface area contributed by atoms with E-state index in [4.69, 9.17) is 10.2 Å². The molecule has 0 aliphatic heterocycles. The molecule has 6 heavy (non-hydrogen) atoms. The fraction of sp³-hybridized carbons (Fsp3) is 1.00. The predicted molar refractivity (Wildman–Crippen MR) is 28.5 cm³/mol. The van der Waals surface area contributed by atoms with E-state index in [0.717, 1.165) is 0 Å². The van der Waals surface area contributed by atoms with Crippen molar-refractivity contribution in [3.05, 3.63) is 0 Å². The second-order valence-electron chi connectivity index (χ2n) is 0.447. The van der Waals surface area contributed by atoms with Gasteiger partial charge in [0.2, 0.25) is 0 Å². The van der Waals surface area contributed by atoms with Crippen LogP contribution in [0.15, 0.2) is 0 Å². The van der Waals surface area contributed by atoms with Crippen molar-refractivity contribution in [1.29, 1.82) is 0 Å². The molecule has 0 aromatic rings. The Bertz CT molecular complexity index is 11.5. The first-order chi connectivity index (χ1) is 1.91. The van der Waals surface area contributed by atoms with E-state index in [2.05, 4.69) is 0 Å². The van der Waals surface area contributed by atoms with E-state index in [-0.39, 0.29) is 116 Å². The van der Waals surface area contributed by atoms with Gasteiger partial charge in [0, 0.05) is 0 Å². The van der Waals surface area contributed by atoms with E-state index in [1.807, 2.05) is 0 Å². The summed E-state index contributed by atoms with van der Waals surface area (Å²) in [6.45, 7) is -0.250. The quantitative estimate of drug-likeness (QED) is 0.403. The molecule has 0 spiro atoms. The normalized spacial score (nSPS) is 5.00. The number of aliphatic hydroxyl groups excluding tert-OH is 2. The molecule has 0 fully saturated rings. The number of rotatable bonds is 1. The fourth-order valence-electron chi connectivity index (χ4n) is 0. The van der Waals surface area contributed by atoms with E-state index in [9.17, 15) is 0 Å². The molecule has 0 amide bonds. The summed E-state index contributed by atoms with van der Waals surface area (Å²) in [6.07, 6.45) is 0. The van der Waals surface area contributed by atoms with Crippen LogP contribution in [0.5, 0.6) is 0 Å². The first-order valence-electron chi connectivity index (χ1n) is 1.13. The summed E-state index contributed by atoms with van der Waals surface area (Å²) >= 11 is 0. The van der Waals surface area contributed by atoms with E-state index in [0.29, 0.717) is 0 Å². The van der Waals surface area contributed by atoms with Crippen LogP contribution in [0, 0.1) is 0 Å². The third kappa shape index (κ3) is 15.7. The molecular weight excluding hydrogens is 134 g/mol. The van der Waals surface area contributed by atoms with Gasteiger partial charge in [-0.25, -0.2) is 0 Å². The third-order valence-corrected chi connectivity index (χ3v) is 0.1000. The molecule has 0 atom stereocenters. The molecule has 0 saturated carbocycles. The molecular formula is C2H8K2O2. The molecule has 0 aromatic carbocycles. The average Bonchev–Trinajstić information content (AvgIpc) is 1.37. The molecule has 0 unspecified atom stereocenters. The summed E-state index contributed by atoms with van der Waals surface area (Å²) in [5.74, 6) is 0. The van der Waals surface area contributed by atoms with Crippen molar-refractivity contribution in [2.24, 2.45) is 0 Å². The van der Waals surface area contributed by atoms with E-state index in [1.165, 1.54) is 0 Å². The topological polar surface area (TPSA) is 40.5 Å². The Morgan fingerprint density at radius 1 is 0.833 bits per heavy atom. The van der Waals surface area contributed by atoms with Gasteiger partial charge in [-0.1, -0.05) is 0 Å². The van der Waals surface area contributed by atoms with Crippen molar-refractivity contribution in [1.82, 2.24) is 0 Å². The Morgan fingerprint density at radius 2 is 1.00 bits per heavy atom. The second kappa shape index (κ2) is 15.7. The summed E-state index contributed by atoms with van der Waals surface area (Å²) in [5.41, 5.74) is 0. The van der Waals surface area contributed by atoms with Crippen LogP contribution >= 0.6 is 0 Å². The van der Waals surface area contributed by atoms with Gasteiger partial charge in [0.15, 0.2) is 0 Å². The number of aliphatic hydroxyl groups is 2. The van der Waals surface area contributed by atoms with E-state index < -0.39 is 0 Å². The van der Waals surface area contributed by atoms with Crippen molar-refractivity contribution >= 4 is 103 Å². The Hall–Kier alpha value is 3.19. The predicted octanol–water partition coefficient (Wildman–Crippen LogP) is -2.33. The number of hydrogen-bond donors (Lipinski definition) is 2. The molecule has 4 heteroatoms. The summed E-state index contributed by atoms with van der Waals surface area (Å²) in [4.78, 5) is 0. The van der Waals surface area contributed by atoms with Gasteiger partial charge < -0.3 is 10.2 Å². The Balaban J connectivity index is -0.0000000450.